The molecule has 0 aliphatic rings. The van der Waals surface area contributed by atoms with E-state index in [4.69, 9.17) is 0 Å². The molecule has 2 N–H and O–H groups in total. The molecule has 0 aliphatic heterocycles. The molecular formula is C13H11F3N2O4S2. The van der Waals surface area contributed by atoms with Crippen molar-refractivity contribution in [1.82, 2.24) is 4.72 Å². The van der Waals surface area contributed by atoms with Crippen LogP contribution in [0.15, 0.2) is 46.0 Å². The highest BCUT2D eigenvalue weighted by atomic mass is 32.2. The van der Waals surface area contributed by atoms with Gasteiger partial charge in [0.05, 0.1) is 6.54 Å². The third-order valence-electron chi connectivity index (χ3n) is 2.53. The van der Waals surface area contributed by atoms with Crippen molar-refractivity contribution >= 4 is 33.0 Å². The first-order valence-corrected chi connectivity index (χ1v) is 8.71. The number of halogens is 3. The zero-order chi connectivity index (χ0) is 17.8. The summed E-state index contributed by atoms with van der Waals surface area (Å²) in [6.45, 7) is -0.565. The quantitative estimate of drug-likeness (QED) is 0.807. The lowest BCUT2D eigenvalue weighted by molar-refractivity contribution is -0.274. The van der Waals surface area contributed by atoms with E-state index in [2.05, 4.69) is 14.8 Å². The van der Waals surface area contributed by atoms with Crippen LogP contribution in [0.25, 0.3) is 0 Å². The Labute approximate surface area is 139 Å². The van der Waals surface area contributed by atoms with Gasteiger partial charge in [0.2, 0.25) is 5.91 Å². The van der Waals surface area contributed by atoms with Crippen LogP contribution in [0.2, 0.25) is 0 Å². The molecule has 11 heteroatoms. The van der Waals surface area contributed by atoms with Gasteiger partial charge in [-0.05, 0) is 23.6 Å². The van der Waals surface area contributed by atoms with Crippen molar-refractivity contribution in [1.29, 1.82) is 0 Å². The number of sulfonamides is 1. The predicted molar refractivity (Wildman–Crippen MR) is 81.3 cm³/mol. The van der Waals surface area contributed by atoms with Gasteiger partial charge in [-0.2, -0.15) is 0 Å². The average molecular weight is 380 g/mol. The average Bonchev–Trinajstić information content (AvgIpc) is 2.99. The van der Waals surface area contributed by atoms with E-state index in [1.54, 1.807) is 11.4 Å². The topological polar surface area (TPSA) is 84.5 Å². The van der Waals surface area contributed by atoms with E-state index < -0.39 is 34.6 Å². The summed E-state index contributed by atoms with van der Waals surface area (Å²) in [7, 11) is -3.80. The van der Waals surface area contributed by atoms with Crippen LogP contribution < -0.4 is 14.8 Å². The fourth-order valence-electron chi connectivity index (χ4n) is 1.62. The molecule has 24 heavy (non-hydrogen) atoms. The Kier molecular flexibility index (Phi) is 5.47. The Balaban J connectivity index is 1.94. The van der Waals surface area contributed by atoms with Crippen LogP contribution >= 0.6 is 11.3 Å². The molecule has 0 bridgehead atoms. The van der Waals surface area contributed by atoms with Gasteiger partial charge < -0.3 is 10.1 Å². The smallest absolute Gasteiger partial charge is 0.406 e. The van der Waals surface area contributed by atoms with Gasteiger partial charge in [0.25, 0.3) is 10.0 Å². The molecule has 2 aromatic rings. The first kappa shape index (κ1) is 18.2. The number of carbonyl (C=O) groups is 1. The maximum Gasteiger partial charge on any atom is 0.573 e. The van der Waals surface area contributed by atoms with E-state index in [1.165, 1.54) is 18.2 Å². The maximum atomic E-state index is 12.1. The molecule has 0 aliphatic carbocycles. The standard InChI is InChI=1S/C13H11F3N2O4S2/c14-13(15,16)22-10-4-1-3-9(7-10)18-11(19)8-17-24(20,21)12-5-2-6-23-12/h1-7,17H,8H2,(H,18,19). The van der Waals surface area contributed by atoms with E-state index in [1.807, 2.05) is 0 Å². The second-order valence-corrected chi connectivity index (χ2v) is 7.32. The highest BCUT2D eigenvalue weighted by molar-refractivity contribution is 7.91. The normalized spacial score (nSPS) is 12.0. The largest absolute Gasteiger partial charge is 0.573 e. The van der Waals surface area contributed by atoms with Crippen molar-refractivity contribution < 1.29 is 31.1 Å². The number of amides is 1. The van der Waals surface area contributed by atoms with Crippen molar-refractivity contribution in [3.05, 3.63) is 41.8 Å². The number of carbonyl (C=O) groups excluding carboxylic acids is 1. The van der Waals surface area contributed by atoms with Crippen LogP contribution in [0, 0.1) is 0 Å². The fourth-order valence-corrected chi connectivity index (χ4v) is 3.64. The SMILES string of the molecule is O=C(CNS(=O)(=O)c1cccs1)Nc1cccc(OC(F)(F)F)c1. The Morgan fingerprint density at radius 3 is 2.58 bits per heavy atom. The van der Waals surface area contributed by atoms with Crippen molar-refractivity contribution in [2.75, 3.05) is 11.9 Å². The van der Waals surface area contributed by atoms with Crippen LogP contribution in [0.3, 0.4) is 0 Å². The van der Waals surface area contributed by atoms with E-state index in [0.29, 0.717) is 0 Å². The van der Waals surface area contributed by atoms with Gasteiger partial charge in [0.1, 0.15) is 9.96 Å². The van der Waals surface area contributed by atoms with E-state index in [0.717, 1.165) is 23.5 Å². The Morgan fingerprint density at radius 1 is 1.21 bits per heavy atom. The van der Waals surface area contributed by atoms with Gasteiger partial charge in [-0.25, -0.2) is 13.1 Å². The minimum Gasteiger partial charge on any atom is -0.406 e. The Hall–Kier alpha value is -2.11. The molecule has 0 atom stereocenters. The number of hydrogen-bond donors (Lipinski definition) is 2. The Bertz CT molecular complexity index is 805. The molecule has 0 unspecified atom stereocenters. The molecule has 0 radical (unpaired) electrons. The van der Waals surface area contributed by atoms with Crippen LogP contribution in [0.5, 0.6) is 5.75 Å². The summed E-state index contributed by atoms with van der Waals surface area (Å²) in [6, 6.07) is 7.57. The molecule has 1 aromatic heterocycles. The molecule has 1 amide bonds. The van der Waals surface area contributed by atoms with E-state index >= 15 is 0 Å². The molecule has 2 rings (SSSR count). The molecule has 6 nitrogen and oxygen atoms in total. The first-order valence-electron chi connectivity index (χ1n) is 6.34. The number of anilines is 1. The zero-order valence-corrected chi connectivity index (χ0v) is 13.5. The number of benzene rings is 1. The summed E-state index contributed by atoms with van der Waals surface area (Å²) in [5, 5.41) is 3.85. The summed E-state index contributed by atoms with van der Waals surface area (Å²) in [6.07, 6.45) is -4.85. The maximum absolute atomic E-state index is 12.1. The lowest BCUT2D eigenvalue weighted by atomic mass is 10.3. The fraction of sp³-hybridized carbons (Fsp3) is 0.154. The highest BCUT2D eigenvalue weighted by Gasteiger charge is 2.31. The number of alkyl halides is 3. The number of nitrogens with one attached hydrogen (secondary N) is 2. The summed E-state index contributed by atoms with van der Waals surface area (Å²) in [5.41, 5.74) is 0.0390. The van der Waals surface area contributed by atoms with E-state index in [9.17, 15) is 26.4 Å². The summed E-state index contributed by atoms with van der Waals surface area (Å²) in [4.78, 5) is 11.7. The lowest BCUT2D eigenvalue weighted by Crippen LogP contribution is -2.32. The lowest BCUT2D eigenvalue weighted by Gasteiger charge is -2.11. The number of rotatable bonds is 6. The van der Waals surface area contributed by atoms with Gasteiger partial charge in [-0.1, -0.05) is 12.1 Å². The molecule has 0 fully saturated rings. The number of hydrogen-bond acceptors (Lipinski definition) is 5. The van der Waals surface area contributed by atoms with Crippen LogP contribution in [0.1, 0.15) is 0 Å². The van der Waals surface area contributed by atoms with E-state index in [-0.39, 0.29) is 9.90 Å². The first-order chi connectivity index (χ1) is 11.2. The number of thiophene rings is 1. The van der Waals surface area contributed by atoms with Crippen molar-refractivity contribution in [2.45, 2.75) is 10.6 Å². The summed E-state index contributed by atoms with van der Waals surface area (Å²) >= 11 is 0.987. The van der Waals surface area contributed by atoms with Gasteiger partial charge in [0, 0.05) is 11.8 Å². The summed E-state index contributed by atoms with van der Waals surface area (Å²) in [5.74, 6) is -1.24. The predicted octanol–water partition coefficient (Wildman–Crippen LogP) is 2.56. The third-order valence-corrected chi connectivity index (χ3v) is 5.33. The molecule has 0 saturated carbocycles. The van der Waals surface area contributed by atoms with Crippen molar-refractivity contribution in [3.8, 4) is 5.75 Å². The molecule has 130 valence electrons. The summed E-state index contributed by atoms with van der Waals surface area (Å²) < 4.78 is 66.0. The van der Waals surface area contributed by atoms with Gasteiger partial charge in [-0.15, -0.1) is 24.5 Å². The minimum absolute atomic E-state index is 0.0390. The minimum atomic E-state index is -4.85. The second-order valence-electron chi connectivity index (χ2n) is 4.38. The van der Waals surface area contributed by atoms with Gasteiger partial charge in [-0.3, -0.25) is 4.79 Å². The second kappa shape index (κ2) is 7.20. The Morgan fingerprint density at radius 2 is 1.96 bits per heavy atom. The van der Waals surface area contributed by atoms with Crippen LogP contribution in [-0.2, 0) is 14.8 Å². The van der Waals surface area contributed by atoms with Gasteiger partial charge in [0.15, 0.2) is 0 Å². The molecule has 0 spiro atoms. The third kappa shape index (κ3) is 5.51. The molecule has 1 heterocycles. The highest BCUT2D eigenvalue weighted by Crippen LogP contribution is 2.25. The molecule has 0 saturated heterocycles. The monoisotopic (exact) mass is 380 g/mol. The van der Waals surface area contributed by atoms with Crippen molar-refractivity contribution in [2.24, 2.45) is 0 Å². The molecular weight excluding hydrogens is 369 g/mol. The zero-order valence-electron chi connectivity index (χ0n) is 11.8. The number of ether oxygens (including phenoxy) is 1. The van der Waals surface area contributed by atoms with Crippen molar-refractivity contribution in [3.63, 3.8) is 0 Å². The van der Waals surface area contributed by atoms with Crippen LogP contribution in [-0.4, -0.2) is 27.2 Å². The van der Waals surface area contributed by atoms with Crippen LogP contribution in [0.4, 0.5) is 18.9 Å². The molecule has 1 aromatic carbocycles. The van der Waals surface area contributed by atoms with Gasteiger partial charge >= 0.3 is 6.36 Å².